The van der Waals surface area contributed by atoms with Crippen LogP contribution in [0.15, 0.2) is 11.0 Å². The zero-order chi connectivity index (χ0) is 14.0. The van der Waals surface area contributed by atoms with E-state index in [-0.39, 0.29) is 14.6 Å². The van der Waals surface area contributed by atoms with Crippen molar-refractivity contribution in [3.8, 4) is 0 Å². The van der Waals surface area contributed by atoms with Crippen molar-refractivity contribution in [2.75, 3.05) is 6.54 Å². The van der Waals surface area contributed by atoms with Gasteiger partial charge in [-0.2, -0.15) is 0 Å². The van der Waals surface area contributed by atoms with Gasteiger partial charge in [0.2, 0.25) is 10.0 Å². The fourth-order valence-corrected chi connectivity index (χ4v) is 5.89. The number of halogens is 3. The van der Waals surface area contributed by atoms with E-state index in [1.54, 1.807) is 0 Å². The van der Waals surface area contributed by atoms with Gasteiger partial charge in [-0.05, 0) is 31.2 Å². The molecule has 2 unspecified atom stereocenters. The summed E-state index contributed by atoms with van der Waals surface area (Å²) in [5.74, 6) is 0.291. The number of sulfonamides is 1. The highest BCUT2D eigenvalue weighted by Gasteiger charge is 2.25. The van der Waals surface area contributed by atoms with Crippen molar-refractivity contribution in [2.45, 2.75) is 36.0 Å². The van der Waals surface area contributed by atoms with Gasteiger partial charge in [0.15, 0.2) is 0 Å². The molecular formula is C11H14Cl3NO2S2. The van der Waals surface area contributed by atoms with Gasteiger partial charge in [-0.1, -0.05) is 29.6 Å². The maximum absolute atomic E-state index is 12.1. The van der Waals surface area contributed by atoms with Gasteiger partial charge in [0.25, 0.3) is 0 Å². The van der Waals surface area contributed by atoms with Gasteiger partial charge in [0, 0.05) is 11.9 Å². The summed E-state index contributed by atoms with van der Waals surface area (Å²) in [6.07, 6.45) is 3.91. The van der Waals surface area contributed by atoms with E-state index >= 15 is 0 Å². The molecule has 0 radical (unpaired) electrons. The Hall–Kier alpha value is 0.480. The van der Waals surface area contributed by atoms with Crippen LogP contribution in [-0.2, 0) is 10.0 Å². The standard InChI is InChI=1S/C11H14Cl3NO2S2/c12-8-3-1-2-7(4-8)6-15-19(16,17)9-5-10(13)18-11(9)14/h5,7-8,15H,1-4,6H2. The Morgan fingerprint density at radius 2 is 2.11 bits per heavy atom. The van der Waals surface area contributed by atoms with Gasteiger partial charge in [-0.15, -0.1) is 22.9 Å². The molecule has 1 aromatic rings. The Morgan fingerprint density at radius 1 is 1.37 bits per heavy atom. The lowest BCUT2D eigenvalue weighted by atomic mass is 9.89. The van der Waals surface area contributed by atoms with Crippen LogP contribution in [-0.4, -0.2) is 20.3 Å². The Labute approximate surface area is 132 Å². The van der Waals surface area contributed by atoms with Crippen LogP contribution in [0.4, 0.5) is 0 Å². The van der Waals surface area contributed by atoms with Gasteiger partial charge in [0.1, 0.15) is 9.23 Å². The summed E-state index contributed by atoms with van der Waals surface area (Å²) >= 11 is 18.8. The smallest absolute Gasteiger partial charge is 0.211 e. The van der Waals surface area contributed by atoms with Crippen molar-refractivity contribution >= 4 is 56.2 Å². The van der Waals surface area contributed by atoms with Gasteiger partial charge < -0.3 is 0 Å². The molecule has 108 valence electrons. The molecule has 0 bridgehead atoms. The molecule has 8 heteroatoms. The van der Waals surface area contributed by atoms with Crippen molar-refractivity contribution in [1.29, 1.82) is 0 Å². The highest BCUT2D eigenvalue weighted by atomic mass is 35.5. The molecule has 2 rings (SSSR count). The minimum atomic E-state index is -3.59. The van der Waals surface area contributed by atoms with Crippen LogP contribution >= 0.6 is 46.1 Å². The van der Waals surface area contributed by atoms with Crippen LogP contribution in [0.2, 0.25) is 8.67 Å². The lowest BCUT2D eigenvalue weighted by Gasteiger charge is -2.25. The number of thiophene rings is 1. The molecule has 0 aliphatic heterocycles. The summed E-state index contributed by atoms with van der Waals surface area (Å²) in [5, 5.41) is 0.155. The molecule has 19 heavy (non-hydrogen) atoms. The zero-order valence-electron chi connectivity index (χ0n) is 10.0. The SMILES string of the molecule is O=S(=O)(NCC1CCCC(Cl)C1)c1cc(Cl)sc1Cl. The summed E-state index contributed by atoms with van der Waals surface area (Å²) in [4.78, 5) is 0.0578. The van der Waals surface area contributed by atoms with E-state index in [9.17, 15) is 8.42 Å². The fourth-order valence-electron chi connectivity index (χ4n) is 2.22. The molecule has 1 aliphatic carbocycles. The number of hydrogen-bond acceptors (Lipinski definition) is 3. The summed E-state index contributed by atoms with van der Waals surface area (Å²) < 4.78 is 27.4. The van der Waals surface area contributed by atoms with Gasteiger partial charge in [0.05, 0.1) is 4.34 Å². The summed E-state index contributed by atoms with van der Waals surface area (Å²) in [5.41, 5.74) is 0. The first-order valence-corrected chi connectivity index (χ1v) is 9.46. The molecule has 0 aromatic carbocycles. The number of nitrogens with one attached hydrogen (secondary N) is 1. The first kappa shape index (κ1) is 15.9. The lowest BCUT2D eigenvalue weighted by molar-refractivity contribution is 0.361. The van der Waals surface area contributed by atoms with Crippen molar-refractivity contribution in [1.82, 2.24) is 4.72 Å². The predicted molar refractivity (Wildman–Crippen MR) is 81.1 cm³/mol. The molecule has 1 aromatic heterocycles. The second-order valence-electron chi connectivity index (χ2n) is 4.67. The van der Waals surface area contributed by atoms with Crippen LogP contribution < -0.4 is 4.72 Å². The lowest BCUT2D eigenvalue weighted by Crippen LogP contribution is -2.32. The molecule has 1 aliphatic rings. The summed E-state index contributed by atoms with van der Waals surface area (Å²) in [7, 11) is -3.59. The quantitative estimate of drug-likeness (QED) is 0.819. The molecule has 0 amide bonds. The largest absolute Gasteiger partial charge is 0.242 e. The molecule has 0 saturated heterocycles. The Morgan fingerprint density at radius 3 is 2.68 bits per heavy atom. The third-order valence-corrected chi connectivity index (χ3v) is 6.77. The minimum absolute atomic E-state index is 0.0578. The molecule has 1 N–H and O–H groups in total. The van der Waals surface area contributed by atoms with E-state index in [0.29, 0.717) is 16.8 Å². The molecule has 0 spiro atoms. The van der Waals surface area contributed by atoms with Crippen LogP contribution in [0.3, 0.4) is 0 Å². The van der Waals surface area contributed by atoms with E-state index < -0.39 is 10.0 Å². The van der Waals surface area contributed by atoms with Gasteiger partial charge >= 0.3 is 0 Å². The third kappa shape index (κ3) is 4.22. The number of rotatable bonds is 4. The van der Waals surface area contributed by atoms with Crippen LogP contribution in [0, 0.1) is 5.92 Å². The monoisotopic (exact) mass is 361 g/mol. The maximum Gasteiger partial charge on any atom is 0.242 e. The van der Waals surface area contributed by atoms with E-state index in [0.717, 1.165) is 37.0 Å². The summed E-state index contributed by atoms with van der Waals surface area (Å²) in [6.45, 7) is 0.398. The third-order valence-electron chi connectivity index (χ3n) is 3.20. The highest BCUT2D eigenvalue weighted by molar-refractivity contribution is 7.89. The topological polar surface area (TPSA) is 46.2 Å². The minimum Gasteiger partial charge on any atom is -0.211 e. The molecular weight excluding hydrogens is 349 g/mol. The highest BCUT2D eigenvalue weighted by Crippen LogP contribution is 2.34. The molecule has 1 heterocycles. The molecule has 1 fully saturated rings. The van der Waals surface area contributed by atoms with Gasteiger partial charge in [-0.25, -0.2) is 13.1 Å². The zero-order valence-corrected chi connectivity index (χ0v) is 13.9. The summed E-state index contributed by atoms with van der Waals surface area (Å²) in [6, 6.07) is 1.38. The van der Waals surface area contributed by atoms with E-state index in [2.05, 4.69) is 4.72 Å². The van der Waals surface area contributed by atoms with E-state index in [4.69, 9.17) is 34.8 Å². The Bertz CT molecular complexity index is 544. The average molecular weight is 363 g/mol. The van der Waals surface area contributed by atoms with Crippen LogP contribution in [0.25, 0.3) is 0 Å². The van der Waals surface area contributed by atoms with Crippen molar-refractivity contribution in [2.24, 2.45) is 5.92 Å². The second-order valence-corrected chi connectivity index (χ2v) is 9.31. The van der Waals surface area contributed by atoms with E-state index in [1.807, 2.05) is 0 Å². The van der Waals surface area contributed by atoms with Crippen molar-refractivity contribution in [3.05, 3.63) is 14.7 Å². The Balaban J connectivity index is 2.00. The molecule has 2 atom stereocenters. The van der Waals surface area contributed by atoms with Crippen LogP contribution in [0.5, 0.6) is 0 Å². The second kappa shape index (κ2) is 6.50. The molecule has 3 nitrogen and oxygen atoms in total. The van der Waals surface area contributed by atoms with Crippen molar-refractivity contribution in [3.63, 3.8) is 0 Å². The average Bonchev–Trinajstić information content (AvgIpc) is 2.67. The van der Waals surface area contributed by atoms with Crippen LogP contribution in [0.1, 0.15) is 25.7 Å². The first-order chi connectivity index (χ1) is 8.88. The van der Waals surface area contributed by atoms with Gasteiger partial charge in [-0.3, -0.25) is 0 Å². The Kier molecular flexibility index (Phi) is 5.42. The van der Waals surface area contributed by atoms with Crippen molar-refractivity contribution < 1.29 is 8.42 Å². The normalized spacial score (nSPS) is 24.6. The number of hydrogen-bond donors (Lipinski definition) is 1. The first-order valence-electron chi connectivity index (χ1n) is 5.97. The predicted octanol–water partition coefficient (Wildman–Crippen LogP) is 4.13. The maximum atomic E-state index is 12.1. The molecule has 1 saturated carbocycles. The number of alkyl halides is 1. The fraction of sp³-hybridized carbons (Fsp3) is 0.636. The van der Waals surface area contributed by atoms with E-state index in [1.165, 1.54) is 6.07 Å².